The number of nitrogens with zero attached hydrogens (tertiary/aromatic N) is 1. The minimum atomic E-state index is -1.01. The Morgan fingerprint density at radius 2 is 2.00 bits per heavy atom. The SMILES string of the molecule is CC1CCC(C)N(C(=O)N[C@@H](C)C(=O)O)C1. The molecule has 16 heavy (non-hydrogen) atoms. The second kappa shape index (κ2) is 5.18. The van der Waals surface area contributed by atoms with Crippen LogP contribution in [-0.4, -0.2) is 40.6 Å². The molecule has 0 aromatic heterocycles. The molecule has 1 rings (SSSR count). The molecule has 5 nitrogen and oxygen atoms in total. The zero-order valence-electron chi connectivity index (χ0n) is 10.1. The Kier molecular flexibility index (Phi) is 4.15. The van der Waals surface area contributed by atoms with Crippen molar-refractivity contribution in [2.45, 2.75) is 45.7 Å². The van der Waals surface area contributed by atoms with Gasteiger partial charge in [-0.05, 0) is 32.6 Å². The quantitative estimate of drug-likeness (QED) is 0.748. The summed E-state index contributed by atoms with van der Waals surface area (Å²) >= 11 is 0. The van der Waals surface area contributed by atoms with Gasteiger partial charge in [0.05, 0.1) is 0 Å². The number of piperidine rings is 1. The van der Waals surface area contributed by atoms with Gasteiger partial charge in [0.25, 0.3) is 0 Å². The predicted molar refractivity (Wildman–Crippen MR) is 60.2 cm³/mol. The summed E-state index contributed by atoms with van der Waals surface area (Å²) in [5, 5.41) is 11.2. The number of aliphatic carboxylic acids is 1. The molecule has 3 atom stereocenters. The minimum absolute atomic E-state index is 0.192. The average molecular weight is 228 g/mol. The van der Waals surface area contributed by atoms with E-state index in [2.05, 4.69) is 12.2 Å². The van der Waals surface area contributed by atoms with Gasteiger partial charge in [0.15, 0.2) is 0 Å². The molecular formula is C11H20N2O3. The molecule has 1 fully saturated rings. The first-order chi connectivity index (χ1) is 7.41. The molecule has 2 N–H and O–H groups in total. The number of nitrogens with one attached hydrogen (secondary N) is 1. The fraction of sp³-hybridized carbons (Fsp3) is 0.818. The van der Waals surface area contributed by atoms with Crippen molar-refractivity contribution in [1.29, 1.82) is 0 Å². The molecular weight excluding hydrogens is 208 g/mol. The van der Waals surface area contributed by atoms with Crippen LogP contribution in [0.25, 0.3) is 0 Å². The van der Waals surface area contributed by atoms with Crippen molar-refractivity contribution in [3.63, 3.8) is 0 Å². The summed E-state index contributed by atoms with van der Waals surface area (Å²) in [6, 6.07) is -0.914. The van der Waals surface area contributed by atoms with Gasteiger partial charge in [0.2, 0.25) is 0 Å². The largest absolute Gasteiger partial charge is 0.480 e. The molecule has 0 radical (unpaired) electrons. The van der Waals surface area contributed by atoms with Crippen molar-refractivity contribution in [3.8, 4) is 0 Å². The summed E-state index contributed by atoms with van der Waals surface area (Å²) < 4.78 is 0. The van der Waals surface area contributed by atoms with Gasteiger partial charge >= 0.3 is 12.0 Å². The topological polar surface area (TPSA) is 69.6 Å². The standard InChI is InChI=1S/C11H20N2O3/c1-7-4-5-8(2)13(6-7)11(16)12-9(3)10(14)15/h7-9H,4-6H2,1-3H3,(H,12,16)(H,14,15)/t7?,8?,9-/m0/s1. The van der Waals surface area contributed by atoms with E-state index in [0.29, 0.717) is 12.5 Å². The molecule has 1 saturated heterocycles. The average Bonchev–Trinajstić information content (AvgIpc) is 2.21. The third-order valence-corrected chi connectivity index (χ3v) is 3.09. The van der Waals surface area contributed by atoms with Gasteiger partial charge in [-0.2, -0.15) is 0 Å². The van der Waals surface area contributed by atoms with Crippen LogP contribution in [0.3, 0.4) is 0 Å². The molecule has 0 spiro atoms. The zero-order valence-corrected chi connectivity index (χ0v) is 10.1. The lowest BCUT2D eigenvalue weighted by molar-refractivity contribution is -0.138. The predicted octanol–water partition coefficient (Wildman–Crippen LogP) is 1.29. The first-order valence-corrected chi connectivity index (χ1v) is 5.71. The summed E-state index contributed by atoms with van der Waals surface area (Å²) in [5.41, 5.74) is 0. The van der Waals surface area contributed by atoms with E-state index < -0.39 is 12.0 Å². The van der Waals surface area contributed by atoms with Crippen molar-refractivity contribution in [3.05, 3.63) is 0 Å². The molecule has 0 aromatic rings. The van der Waals surface area contributed by atoms with Crippen molar-refractivity contribution in [1.82, 2.24) is 10.2 Å². The number of hydrogen-bond donors (Lipinski definition) is 2. The highest BCUT2D eigenvalue weighted by Gasteiger charge is 2.28. The number of carbonyl (C=O) groups is 2. The lowest BCUT2D eigenvalue weighted by atomic mass is 9.95. The van der Waals surface area contributed by atoms with Crippen LogP contribution >= 0.6 is 0 Å². The molecule has 1 aliphatic heterocycles. The lowest BCUT2D eigenvalue weighted by Gasteiger charge is -2.37. The van der Waals surface area contributed by atoms with E-state index in [-0.39, 0.29) is 12.1 Å². The maximum absolute atomic E-state index is 11.8. The van der Waals surface area contributed by atoms with Crippen molar-refractivity contribution < 1.29 is 14.7 Å². The molecule has 2 amide bonds. The van der Waals surface area contributed by atoms with Gasteiger partial charge in [0.1, 0.15) is 6.04 Å². The summed E-state index contributed by atoms with van der Waals surface area (Å²) in [5.74, 6) is -0.520. The summed E-state index contributed by atoms with van der Waals surface area (Å²) in [7, 11) is 0. The van der Waals surface area contributed by atoms with Crippen LogP contribution in [-0.2, 0) is 4.79 Å². The summed E-state index contributed by atoms with van der Waals surface area (Å²) in [4.78, 5) is 24.2. The number of amides is 2. The zero-order chi connectivity index (χ0) is 12.3. The molecule has 2 unspecified atom stereocenters. The molecule has 0 aliphatic carbocycles. The van der Waals surface area contributed by atoms with Gasteiger partial charge in [-0.15, -0.1) is 0 Å². The van der Waals surface area contributed by atoms with Crippen LogP contribution in [0, 0.1) is 5.92 Å². The van der Waals surface area contributed by atoms with E-state index in [1.807, 2.05) is 6.92 Å². The monoisotopic (exact) mass is 228 g/mol. The van der Waals surface area contributed by atoms with E-state index in [4.69, 9.17) is 5.11 Å². The third-order valence-electron chi connectivity index (χ3n) is 3.09. The highest BCUT2D eigenvalue weighted by atomic mass is 16.4. The Morgan fingerprint density at radius 3 is 2.56 bits per heavy atom. The molecule has 0 aromatic carbocycles. The number of hydrogen-bond acceptors (Lipinski definition) is 2. The first kappa shape index (κ1) is 12.8. The van der Waals surface area contributed by atoms with E-state index in [0.717, 1.165) is 12.8 Å². The molecule has 5 heteroatoms. The number of likely N-dealkylation sites (tertiary alicyclic amines) is 1. The van der Waals surface area contributed by atoms with E-state index in [1.165, 1.54) is 6.92 Å². The second-order valence-electron chi connectivity index (χ2n) is 4.69. The third kappa shape index (κ3) is 3.12. The van der Waals surface area contributed by atoms with Crippen LogP contribution in [0.1, 0.15) is 33.6 Å². The van der Waals surface area contributed by atoms with Crippen LogP contribution in [0.15, 0.2) is 0 Å². The highest BCUT2D eigenvalue weighted by Crippen LogP contribution is 2.21. The van der Waals surface area contributed by atoms with Crippen LogP contribution in [0.2, 0.25) is 0 Å². The van der Waals surface area contributed by atoms with Gasteiger partial charge in [-0.3, -0.25) is 4.79 Å². The number of carbonyl (C=O) groups excluding carboxylic acids is 1. The Balaban J connectivity index is 2.55. The Labute approximate surface area is 95.8 Å². The number of carboxylic acids is 1. The van der Waals surface area contributed by atoms with Gasteiger partial charge < -0.3 is 15.3 Å². The number of carboxylic acid groups (broad SMARTS) is 1. The maximum Gasteiger partial charge on any atom is 0.325 e. The number of urea groups is 1. The van der Waals surface area contributed by atoms with Gasteiger partial charge in [0, 0.05) is 12.6 Å². The lowest BCUT2D eigenvalue weighted by Crippen LogP contribution is -2.52. The first-order valence-electron chi connectivity index (χ1n) is 5.71. The normalized spacial score (nSPS) is 27.3. The van der Waals surface area contributed by atoms with E-state index in [9.17, 15) is 9.59 Å². The Hall–Kier alpha value is -1.26. The Bertz CT molecular complexity index is 280. The van der Waals surface area contributed by atoms with E-state index >= 15 is 0 Å². The molecule has 0 saturated carbocycles. The fourth-order valence-corrected chi connectivity index (χ4v) is 1.90. The summed E-state index contributed by atoms with van der Waals surface area (Å²) in [6.45, 7) is 6.28. The second-order valence-corrected chi connectivity index (χ2v) is 4.69. The van der Waals surface area contributed by atoms with E-state index in [1.54, 1.807) is 4.90 Å². The summed E-state index contributed by atoms with van der Waals surface area (Å²) in [6.07, 6.45) is 2.11. The molecule has 1 heterocycles. The van der Waals surface area contributed by atoms with Crippen molar-refractivity contribution >= 4 is 12.0 Å². The van der Waals surface area contributed by atoms with Crippen LogP contribution < -0.4 is 5.32 Å². The smallest absolute Gasteiger partial charge is 0.325 e. The van der Waals surface area contributed by atoms with Crippen LogP contribution in [0.4, 0.5) is 4.79 Å². The van der Waals surface area contributed by atoms with Gasteiger partial charge in [-0.1, -0.05) is 6.92 Å². The van der Waals surface area contributed by atoms with Crippen molar-refractivity contribution in [2.24, 2.45) is 5.92 Å². The maximum atomic E-state index is 11.8. The fourth-order valence-electron chi connectivity index (χ4n) is 1.90. The highest BCUT2D eigenvalue weighted by molar-refractivity contribution is 5.82. The minimum Gasteiger partial charge on any atom is -0.480 e. The van der Waals surface area contributed by atoms with Crippen molar-refractivity contribution in [2.75, 3.05) is 6.54 Å². The number of rotatable bonds is 2. The molecule has 0 bridgehead atoms. The Morgan fingerprint density at radius 1 is 1.38 bits per heavy atom. The molecule has 1 aliphatic rings. The van der Waals surface area contributed by atoms with Gasteiger partial charge in [-0.25, -0.2) is 4.79 Å². The molecule has 92 valence electrons. The van der Waals surface area contributed by atoms with Crippen LogP contribution in [0.5, 0.6) is 0 Å².